The first-order chi connectivity index (χ1) is 48.7. The average Bonchev–Trinajstić information content (AvgIpc) is 1.06. The van der Waals surface area contributed by atoms with E-state index in [9.17, 15) is 43.2 Å². The van der Waals surface area contributed by atoms with E-state index in [0.29, 0.717) is 38.5 Å². The zero-order valence-corrected chi connectivity index (χ0v) is 63.6. The van der Waals surface area contributed by atoms with Crippen LogP contribution < -0.4 is 0 Å². The van der Waals surface area contributed by atoms with Crippen LogP contribution in [-0.2, 0) is 65.4 Å². The van der Waals surface area contributed by atoms with Gasteiger partial charge in [0.05, 0.1) is 26.4 Å². The van der Waals surface area contributed by atoms with Crippen LogP contribution in [0.15, 0.2) is 158 Å². The molecule has 5 atom stereocenters. The van der Waals surface area contributed by atoms with Crippen molar-refractivity contribution < 1.29 is 80.2 Å². The summed E-state index contributed by atoms with van der Waals surface area (Å²) < 4.78 is 68.2. The summed E-state index contributed by atoms with van der Waals surface area (Å²) in [5, 5.41) is 10.6. The van der Waals surface area contributed by atoms with Gasteiger partial charge in [-0.15, -0.1) is 0 Å². The van der Waals surface area contributed by atoms with E-state index in [1.807, 2.05) is 36.5 Å². The number of hydrogen-bond acceptors (Lipinski definition) is 15. The molecule has 0 aliphatic heterocycles. The maximum absolute atomic E-state index is 13.1. The second-order valence-electron chi connectivity index (χ2n) is 24.5. The van der Waals surface area contributed by atoms with Crippen LogP contribution in [-0.4, -0.2) is 96.7 Å². The summed E-state index contributed by atoms with van der Waals surface area (Å²) in [5.74, 6) is -2.39. The van der Waals surface area contributed by atoms with E-state index < -0.39 is 97.5 Å². The van der Waals surface area contributed by atoms with Gasteiger partial charge in [-0.3, -0.25) is 37.3 Å². The quantitative estimate of drug-likeness (QED) is 0.0169. The zero-order valence-electron chi connectivity index (χ0n) is 61.8. The lowest BCUT2D eigenvalue weighted by Gasteiger charge is -2.21. The molecule has 100 heavy (non-hydrogen) atoms. The highest BCUT2D eigenvalue weighted by Gasteiger charge is 2.30. The van der Waals surface area contributed by atoms with Crippen LogP contribution in [0.2, 0.25) is 0 Å². The SMILES string of the molecule is CC/C=C\C/C=C\C/C=C\C/C=C\C/C=C\C/C=C\CCC(=O)OCC(COP(=O)(O)OCC(O)COP(=O)(O)OCC(COC(=O)CCCCCCC/C=C\CCCC)OC(=O)CCCCCCCCCCCCC)OC(=O)CC/C=C\C/C=C\C/C=C\C/C=C\C/C=C\C/C=C\CC. The third-order valence-corrected chi connectivity index (χ3v) is 16.9. The van der Waals surface area contributed by atoms with Crippen LogP contribution in [0.1, 0.15) is 272 Å². The van der Waals surface area contributed by atoms with Gasteiger partial charge in [0, 0.05) is 25.7 Å². The smallest absolute Gasteiger partial charge is 0.462 e. The van der Waals surface area contributed by atoms with Crippen molar-refractivity contribution in [2.75, 3.05) is 39.6 Å². The first kappa shape index (κ1) is 94.7. The summed E-state index contributed by atoms with van der Waals surface area (Å²) in [7, 11) is -10.00. The number of esters is 4. The summed E-state index contributed by atoms with van der Waals surface area (Å²) in [5.41, 5.74) is 0. The van der Waals surface area contributed by atoms with Crippen LogP contribution in [0.5, 0.6) is 0 Å². The van der Waals surface area contributed by atoms with Crippen LogP contribution >= 0.6 is 15.6 Å². The van der Waals surface area contributed by atoms with Gasteiger partial charge in [-0.05, 0) is 122 Å². The van der Waals surface area contributed by atoms with Gasteiger partial charge in [0.2, 0.25) is 0 Å². The van der Waals surface area contributed by atoms with Crippen molar-refractivity contribution >= 4 is 39.5 Å². The average molecular weight is 1440 g/mol. The minimum absolute atomic E-state index is 0.0149. The molecule has 0 aliphatic rings. The van der Waals surface area contributed by atoms with Crippen molar-refractivity contribution in [3.63, 3.8) is 0 Å². The normalized spacial score (nSPS) is 14.8. The van der Waals surface area contributed by atoms with Gasteiger partial charge in [-0.2, -0.15) is 0 Å². The predicted molar refractivity (Wildman–Crippen MR) is 408 cm³/mol. The fourth-order valence-electron chi connectivity index (χ4n) is 9.31. The van der Waals surface area contributed by atoms with Gasteiger partial charge < -0.3 is 33.8 Å². The summed E-state index contributed by atoms with van der Waals surface area (Å²) in [6, 6.07) is 0. The van der Waals surface area contributed by atoms with Crippen LogP contribution in [0.25, 0.3) is 0 Å². The lowest BCUT2D eigenvalue weighted by Crippen LogP contribution is -2.30. The zero-order chi connectivity index (χ0) is 73.2. The number of carbonyl (C=O) groups is 4. The van der Waals surface area contributed by atoms with Crippen molar-refractivity contribution in [3.8, 4) is 0 Å². The van der Waals surface area contributed by atoms with Crippen molar-refractivity contribution in [1.82, 2.24) is 0 Å². The van der Waals surface area contributed by atoms with Crippen molar-refractivity contribution in [3.05, 3.63) is 158 Å². The molecule has 0 saturated heterocycles. The molecule has 5 unspecified atom stereocenters. The molecule has 0 heterocycles. The third-order valence-electron chi connectivity index (χ3n) is 15.0. The van der Waals surface area contributed by atoms with E-state index in [0.717, 1.165) is 128 Å². The molecule has 0 aromatic rings. The highest BCUT2D eigenvalue weighted by Crippen LogP contribution is 2.45. The number of ether oxygens (including phenoxy) is 4. The molecule has 0 aliphatic carbocycles. The van der Waals surface area contributed by atoms with E-state index >= 15 is 0 Å². The number of aliphatic hydroxyl groups excluding tert-OH is 1. The molecular formula is C81H132O17P2. The molecule has 0 aromatic carbocycles. The number of allylic oxidation sites excluding steroid dienone is 26. The standard InChI is InChI=1S/C81H132O17P2/c1-5-9-13-17-21-25-29-31-33-35-37-39-41-43-47-50-54-58-62-66-79(84)92-72-77(98-81(86)68-64-60-56-52-48-44-42-40-38-36-34-32-30-26-22-18-14-10-6-2)74-96-100(89,90)94-70-75(82)69-93-99(87,88)95-73-76(97-80(85)67-63-59-55-51-46-28-24-20-16-12-8-4)71-91-78(83)65-61-57-53-49-45-27-23-19-15-11-7-3/h9-10,13-14,19,21-23,25-26,31-34,37-40,43-44,47-48,54,56,58,60,75-77,82H,5-8,11-12,15-18,20,24,27-30,35-36,41-42,45-46,49-53,55,57,59,61-74H2,1-4H3,(H,87,88)(H,89,90)/b13-9-,14-10-,23-19-,25-21-,26-22-,33-31-,34-32-,39-37-,40-38-,47-43-,48-44-,58-54-,60-56-. The van der Waals surface area contributed by atoms with Gasteiger partial charge >= 0.3 is 39.5 Å². The monoisotopic (exact) mass is 1440 g/mol. The molecule has 0 fully saturated rings. The summed E-state index contributed by atoms with van der Waals surface area (Å²) in [6.45, 7) is 4.39. The number of rotatable bonds is 69. The third kappa shape index (κ3) is 71.1. The molecule has 0 amide bonds. The Morgan fingerprint density at radius 1 is 0.290 bits per heavy atom. The van der Waals surface area contributed by atoms with E-state index in [1.54, 1.807) is 0 Å². The van der Waals surface area contributed by atoms with Crippen molar-refractivity contribution in [2.24, 2.45) is 0 Å². The Morgan fingerprint density at radius 2 is 0.550 bits per heavy atom. The summed E-state index contributed by atoms with van der Waals surface area (Å²) >= 11 is 0. The Hall–Kier alpha value is -5.32. The fourth-order valence-corrected chi connectivity index (χ4v) is 10.9. The first-order valence-corrected chi connectivity index (χ1v) is 40.7. The Balaban J connectivity index is 5.49. The predicted octanol–water partition coefficient (Wildman–Crippen LogP) is 21.7. The van der Waals surface area contributed by atoms with Crippen molar-refractivity contribution in [1.29, 1.82) is 0 Å². The molecule has 17 nitrogen and oxygen atoms in total. The maximum Gasteiger partial charge on any atom is 0.472 e. The largest absolute Gasteiger partial charge is 0.472 e. The summed E-state index contributed by atoms with van der Waals surface area (Å²) in [6.07, 6.45) is 82.8. The van der Waals surface area contributed by atoms with Crippen LogP contribution in [0.4, 0.5) is 0 Å². The molecule has 19 heteroatoms. The molecular weight excluding hydrogens is 1310 g/mol. The van der Waals surface area contributed by atoms with Gasteiger partial charge in [-0.1, -0.05) is 282 Å². The van der Waals surface area contributed by atoms with Crippen LogP contribution in [0.3, 0.4) is 0 Å². The molecule has 0 bridgehead atoms. The molecule has 0 spiro atoms. The molecule has 568 valence electrons. The van der Waals surface area contributed by atoms with Gasteiger partial charge in [0.15, 0.2) is 12.2 Å². The Morgan fingerprint density at radius 3 is 0.910 bits per heavy atom. The number of phosphoric acid groups is 2. The topological polar surface area (TPSA) is 237 Å². The molecule has 0 radical (unpaired) electrons. The second kappa shape index (κ2) is 72.0. The van der Waals surface area contributed by atoms with Crippen LogP contribution in [0, 0.1) is 0 Å². The first-order valence-electron chi connectivity index (χ1n) is 37.7. The maximum atomic E-state index is 13.1. The number of carbonyl (C=O) groups excluding carboxylic acids is 4. The number of aliphatic hydroxyl groups is 1. The fraction of sp³-hybridized carbons (Fsp3) is 0.630. The molecule has 0 rings (SSSR count). The number of hydrogen-bond donors (Lipinski definition) is 3. The molecule has 3 N–H and O–H groups in total. The van der Waals surface area contributed by atoms with Gasteiger partial charge in [0.1, 0.15) is 19.3 Å². The van der Waals surface area contributed by atoms with Gasteiger partial charge in [-0.25, -0.2) is 9.13 Å². The lowest BCUT2D eigenvalue weighted by molar-refractivity contribution is -0.161. The van der Waals surface area contributed by atoms with Crippen molar-refractivity contribution in [2.45, 2.75) is 290 Å². The minimum Gasteiger partial charge on any atom is -0.462 e. The highest BCUT2D eigenvalue weighted by atomic mass is 31.2. The highest BCUT2D eigenvalue weighted by molar-refractivity contribution is 7.47. The Labute approximate surface area is 604 Å². The minimum atomic E-state index is -5.02. The van der Waals surface area contributed by atoms with E-state index in [4.69, 9.17) is 37.0 Å². The summed E-state index contributed by atoms with van der Waals surface area (Å²) in [4.78, 5) is 72.7. The van der Waals surface area contributed by atoms with E-state index in [-0.39, 0.29) is 25.7 Å². The lowest BCUT2D eigenvalue weighted by atomic mass is 10.1. The molecule has 0 saturated carbocycles. The van der Waals surface area contributed by atoms with Gasteiger partial charge in [0.25, 0.3) is 0 Å². The number of unbranched alkanes of at least 4 members (excludes halogenated alkanes) is 17. The van der Waals surface area contributed by atoms with E-state index in [2.05, 4.69) is 149 Å². The van der Waals surface area contributed by atoms with E-state index in [1.165, 1.54) is 51.4 Å². The Bertz CT molecular complexity index is 2520. The number of phosphoric ester groups is 2. The second-order valence-corrected chi connectivity index (χ2v) is 27.4. The Kier molecular flexibility index (Phi) is 68.2. The molecule has 0 aromatic heterocycles.